The standard InChI is InChI=1S/C16H24.C2H6/c1-6-9-11-15(8-3)16(10-7-2)13-12-14(4)5;1-2/h7-13H,6H2,1-5H3;1-2H3/b10-7-,11-9-,15-8+,16-13+;. The number of hydrogen-bond donors (Lipinski definition) is 0. The molecule has 0 amide bonds. The van der Waals surface area contributed by atoms with Crippen molar-refractivity contribution in [3.8, 4) is 0 Å². The van der Waals surface area contributed by atoms with E-state index < -0.39 is 0 Å². The predicted molar refractivity (Wildman–Crippen MR) is 86.9 cm³/mol. The van der Waals surface area contributed by atoms with Gasteiger partial charge in [0.25, 0.3) is 0 Å². The highest BCUT2D eigenvalue weighted by Gasteiger charge is 1.95. The van der Waals surface area contributed by atoms with Crippen LogP contribution in [-0.4, -0.2) is 0 Å². The molecule has 0 heterocycles. The molecule has 0 spiro atoms. The Balaban J connectivity index is 0. The Morgan fingerprint density at radius 2 is 1.50 bits per heavy atom. The van der Waals surface area contributed by atoms with Gasteiger partial charge in [0, 0.05) is 0 Å². The molecule has 0 saturated carbocycles. The zero-order chi connectivity index (χ0) is 14.4. The smallest absolute Gasteiger partial charge is 0.0191 e. The maximum Gasteiger partial charge on any atom is -0.0191 e. The molecule has 18 heavy (non-hydrogen) atoms. The first-order valence-electron chi connectivity index (χ1n) is 6.96. The molecule has 0 atom stereocenters. The molecule has 0 bridgehead atoms. The maximum absolute atomic E-state index is 2.19. The van der Waals surface area contributed by atoms with Crippen LogP contribution in [-0.2, 0) is 0 Å². The first-order chi connectivity index (χ1) is 8.65. The Kier molecular flexibility index (Phi) is 14.6. The molecule has 102 valence electrons. The molecule has 0 aliphatic heterocycles. The second-order valence-corrected chi connectivity index (χ2v) is 3.92. The fourth-order valence-corrected chi connectivity index (χ4v) is 1.29. The number of hydrogen-bond acceptors (Lipinski definition) is 0. The van der Waals surface area contributed by atoms with Gasteiger partial charge in [-0.25, -0.2) is 0 Å². The van der Waals surface area contributed by atoms with E-state index in [0.29, 0.717) is 0 Å². The van der Waals surface area contributed by atoms with Crippen LogP contribution in [0.2, 0.25) is 0 Å². The summed E-state index contributed by atoms with van der Waals surface area (Å²) in [6.45, 7) is 14.5. The van der Waals surface area contributed by atoms with Crippen LogP contribution in [0.5, 0.6) is 0 Å². The Hall–Kier alpha value is -1.30. The Morgan fingerprint density at radius 1 is 0.889 bits per heavy atom. The largest absolute Gasteiger partial charge is 0.0870 e. The molecule has 0 radical (unpaired) electrons. The Bertz CT molecular complexity index is 329. The molecule has 0 aromatic carbocycles. The molecule has 0 aliphatic carbocycles. The third-order valence-corrected chi connectivity index (χ3v) is 2.12. The van der Waals surface area contributed by atoms with Gasteiger partial charge in [0.1, 0.15) is 0 Å². The molecule has 0 nitrogen and oxygen atoms in total. The van der Waals surface area contributed by atoms with Crippen molar-refractivity contribution < 1.29 is 0 Å². The zero-order valence-electron chi connectivity index (χ0n) is 13.2. The second kappa shape index (κ2) is 13.8. The maximum atomic E-state index is 2.19. The summed E-state index contributed by atoms with van der Waals surface area (Å²) in [7, 11) is 0. The van der Waals surface area contributed by atoms with Gasteiger partial charge in [-0.15, -0.1) is 0 Å². The lowest BCUT2D eigenvalue weighted by Gasteiger charge is -2.02. The summed E-state index contributed by atoms with van der Waals surface area (Å²) in [5.74, 6) is 0. The van der Waals surface area contributed by atoms with Gasteiger partial charge in [-0.1, -0.05) is 68.9 Å². The summed E-state index contributed by atoms with van der Waals surface area (Å²) in [6.07, 6.45) is 16.1. The first kappa shape index (κ1) is 19.0. The first-order valence-corrected chi connectivity index (χ1v) is 6.96. The van der Waals surface area contributed by atoms with Gasteiger partial charge in [0.2, 0.25) is 0 Å². The summed E-state index contributed by atoms with van der Waals surface area (Å²) in [5, 5.41) is 0. The highest BCUT2D eigenvalue weighted by atomic mass is 14.0. The molecular weight excluding hydrogens is 216 g/mol. The fraction of sp³-hybridized carbons (Fsp3) is 0.444. The quantitative estimate of drug-likeness (QED) is 0.493. The van der Waals surface area contributed by atoms with E-state index in [0.717, 1.165) is 6.42 Å². The molecular formula is C18H30. The van der Waals surface area contributed by atoms with Crippen molar-refractivity contribution in [1.82, 2.24) is 0 Å². The van der Waals surface area contributed by atoms with Crippen molar-refractivity contribution in [3.05, 3.63) is 59.3 Å². The summed E-state index contributed by atoms with van der Waals surface area (Å²) in [6, 6.07) is 0. The van der Waals surface area contributed by atoms with Gasteiger partial charge >= 0.3 is 0 Å². The third-order valence-electron chi connectivity index (χ3n) is 2.12. The van der Waals surface area contributed by atoms with Crippen LogP contribution >= 0.6 is 0 Å². The monoisotopic (exact) mass is 246 g/mol. The summed E-state index contributed by atoms with van der Waals surface area (Å²) in [5.41, 5.74) is 3.85. The van der Waals surface area contributed by atoms with E-state index in [1.54, 1.807) is 0 Å². The van der Waals surface area contributed by atoms with Crippen molar-refractivity contribution in [2.75, 3.05) is 0 Å². The van der Waals surface area contributed by atoms with Crippen LogP contribution in [0.4, 0.5) is 0 Å². The van der Waals surface area contributed by atoms with Gasteiger partial charge in [-0.3, -0.25) is 0 Å². The predicted octanol–water partition coefficient (Wildman–Crippen LogP) is 6.39. The lowest BCUT2D eigenvalue weighted by Crippen LogP contribution is -1.82. The Labute approximate surface area is 115 Å². The molecule has 0 N–H and O–H groups in total. The summed E-state index contributed by atoms with van der Waals surface area (Å²) >= 11 is 0. The summed E-state index contributed by atoms with van der Waals surface area (Å²) < 4.78 is 0. The van der Waals surface area contributed by atoms with Crippen LogP contribution < -0.4 is 0 Å². The SMILES string of the molecule is CC.C\C=C/C(=C\C=C(C)C)C(/C=C\CC)=C/C. The van der Waals surface area contributed by atoms with Crippen LogP contribution in [0.25, 0.3) is 0 Å². The number of allylic oxidation sites excluding steroid dienone is 10. The minimum atomic E-state index is 1.07. The van der Waals surface area contributed by atoms with Crippen LogP contribution in [0, 0.1) is 0 Å². The van der Waals surface area contributed by atoms with Crippen molar-refractivity contribution in [2.24, 2.45) is 0 Å². The molecule has 0 saturated heterocycles. The van der Waals surface area contributed by atoms with Gasteiger partial charge in [0.15, 0.2) is 0 Å². The van der Waals surface area contributed by atoms with Crippen molar-refractivity contribution >= 4 is 0 Å². The van der Waals surface area contributed by atoms with E-state index in [4.69, 9.17) is 0 Å². The summed E-state index contributed by atoms with van der Waals surface area (Å²) in [4.78, 5) is 0. The normalized spacial score (nSPS) is 12.6. The molecule has 0 aromatic heterocycles. The van der Waals surface area contributed by atoms with Crippen molar-refractivity contribution in [1.29, 1.82) is 0 Å². The van der Waals surface area contributed by atoms with Gasteiger partial charge in [-0.2, -0.15) is 0 Å². The second-order valence-electron chi connectivity index (χ2n) is 3.92. The lowest BCUT2D eigenvalue weighted by atomic mass is 10.0. The lowest BCUT2D eigenvalue weighted by molar-refractivity contribution is 1.22. The molecule has 0 unspecified atom stereocenters. The Morgan fingerprint density at radius 3 is 1.89 bits per heavy atom. The van der Waals surface area contributed by atoms with Crippen molar-refractivity contribution in [2.45, 2.75) is 54.9 Å². The van der Waals surface area contributed by atoms with E-state index in [2.05, 4.69) is 70.2 Å². The average Bonchev–Trinajstić information content (AvgIpc) is 2.38. The van der Waals surface area contributed by atoms with E-state index in [1.807, 2.05) is 20.8 Å². The number of rotatable bonds is 5. The van der Waals surface area contributed by atoms with E-state index in [-0.39, 0.29) is 0 Å². The average molecular weight is 246 g/mol. The highest BCUT2D eigenvalue weighted by Crippen LogP contribution is 2.14. The third kappa shape index (κ3) is 9.89. The molecule has 0 fully saturated rings. The van der Waals surface area contributed by atoms with Crippen LogP contribution in [0.3, 0.4) is 0 Å². The topological polar surface area (TPSA) is 0 Å². The van der Waals surface area contributed by atoms with Crippen LogP contribution in [0.15, 0.2) is 59.3 Å². The zero-order valence-corrected chi connectivity index (χ0v) is 13.2. The van der Waals surface area contributed by atoms with Gasteiger partial charge in [-0.05, 0) is 45.3 Å². The van der Waals surface area contributed by atoms with E-state index in [9.17, 15) is 0 Å². The molecule has 0 rings (SSSR count). The highest BCUT2D eigenvalue weighted by molar-refractivity contribution is 5.47. The van der Waals surface area contributed by atoms with Gasteiger partial charge in [0.05, 0.1) is 0 Å². The molecule has 0 aromatic rings. The minimum Gasteiger partial charge on any atom is -0.0870 e. The fourth-order valence-electron chi connectivity index (χ4n) is 1.29. The van der Waals surface area contributed by atoms with Gasteiger partial charge < -0.3 is 0 Å². The molecule has 0 aliphatic rings. The van der Waals surface area contributed by atoms with Crippen molar-refractivity contribution in [3.63, 3.8) is 0 Å². The van der Waals surface area contributed by atoms with E-state index >= 15 is 0 Å². The van der Waals surface area contributed by atoms with Crippen LogP contribution in [0.1, 0.15) is 54.9 Å². The minimum absolute atomic E-state index is 1.07. The molecule has 0 heteroatoms. The van der Waals surface area contributed by atoms with E-state index in [1.165, 1.54) is 16.7 Å².